The van der Waals surface area contributed by atoms with Gasteiger partial charge in [-0.05, 0) is 41.1 Å². The summed E-state index contributed by atoms with van der Waals surface area (Å²) in [6.07, 6.45) is 3.44. The van der Waals surface area contributed by atoms with Gasteiger partial charge in [0.1, 0.15) is 5.82 Å². The minimum Gasteiger partial charge on any atom is -0.369 e. The quantitative estimate of drug-likeness (QED) is 0.916. The second-order valence-corrected chi connectivity index (χ2v) is 5.34. The molecule has 0 saturated heterocycles. The molecule has 0 atom stereocenters. The number of rotatable bonds is 3. The molecule has 4 heteroatoms. The number of halogens is 1. The summed E-state index contributed by atoms with van der Waals surface area (Å²) in [6.45, 7) is 6.61. The molecule has 2 heterocycles. The van der Waals surface area contributed by atoms with Gasteiger partial charge in [0.05, 0.1) is 10.2 Å². The molecule has 0 spiro atoms. The maximum absolute atomic E-state index is 4.63. The van der Waals surface area contributed by atoms with Crippen molar-refractivity contribution in [3.8, 4) is 0 Å². The second-order valence-electron chi connectivity index (χ2n) is 4.55. The first kappa shape index (κ1) is 11.0. The summed E-state index contributed by atoms with van der Waals surface area (Å²) >= 11 is 3.64. The molecule has 0 unspecified atom stereocenters. The molecule has 0 radical (unpaired) electrons. The largest absolute Gasteiger partial charge is 0.369 e. The first-order valence-corrected chi connectivity index (χ1v) is 6.47. The highest BCUT2D eigenvalue weighted by Crippen LogP contribution is 2.29. The van der Waals surface area contributed by atoms with Gasteiger partial charge >= 0.3 is 0 Å². The molecule has 3 nitrogen and oxygen atoms in total. The van der Waals surface area contributed by atoms with E-state index in [1.54, 1.807) is 0 Å². The average Bonchev–Trinajstić information content (AvgIpc) is 2.54. The molecule has 0 bridgehead atoms. The normalized spacial score (nSPS) is 15.2. The maximum Gasteiger partial charge on any atom is 0.138 e. The van der Waals surface area contributed by atoms with E-state index < -0.39 is 0 Å². The monoisotopic (exact) mass is 271 g/mol. The van der Waals surface area contributed by atoms with Crippen LogP contribution in [0.2, 0.25) is 0 Å². The number of aryl methyl sites for hydroxylation is 2. The van der Waals surface area contributed by atoms with Crippen LogP contribution in [-0.4, -0.2) is 16.3 Å². The van der Waals surface area contributed by atoms with Gasteiger partial charge in [0.15, 0.2) is 0 Å². The zero-order valence-corrected chi connectivity index (χ0v) is 11.0. The van der Waals surface area contributed by atoms with Crippen molar-refractivity contribution in [2.45, 2.75) is 39.7 Å². The van der Waals surface area contributed by atoms with Gasteiger partial charge in [-0.1, -0.05) is 13.8 Å². The Bertz CT molecular complexity index is 344. The molecule has 0 fully saturated rings. The van der Waals surface area contributed by atoms with Crippen molar-refractivity contribution in [3.05, 3.63) is 10.2 Å². The molecule has 1 aromatic heterocycles. The highest BCUT2D eigenvalue weighted by atomic mass is 79.9. The lowest BCUT2D eigenvalue weighted by molar-refractivity contribution is 0.545. The van der Waals surface area contributed by atoms with Crippen molar-refractivity contribution in [2.75, 3.05) is 11.9 Å². The van der Waals surface area contributed by atoms with Gasteiger partial charge in [-0.15, -0.1) is 0 Å². The van der Waals surface area contributed by atoms with Crippen molar-refractivity contribution in [2.24, 2.45) is 5.92 Å². The molecule has 1 aromatic rings. The number of nitrogens with zero attached hydrogens (tertiary/aromatic N) is 2. The van der Waals surface area contributed by atoms with E-state index in [0.717, 1.165) is 25.4 Å². The summed E-state index contributed by atoms with van der Waals surface area (Å²) in [5.41, 5.74) is 1.20. The fraction of sp³-hybridized carbons (Fsp3) is 0.727. The van der Waals surface area contributed by atoms with Crippen LogP contribution in [0.4, 0.5) is 5.82 Å². The third-order valence-corrected chi connectivity index (χ3v) is 3.59. The fourth-order valence-electron chi connectivity index (χ4n) is 1.84. The summed E-state index contributed by atoms with van der Waals surface area (Å²) in [6, 6.07) is 0. The molecule has 0 saturated carbocycles. The van der Waals surface area contributed by atoms with Crippen LogP contribution in [0.15, 0.2) is 4.47 Å². The number of nitrogens with one attached hydrogen (secondary N) is 1. The van der Waals surface area contributed by atoms with Gasteiger partial charge in [-0.3, -0.25) is 0 Å². The molecule has 0 aliphatic carbocycles. The Morgan fingerprint density at radius 3 is 3.00 bits per heavy atom. The molecule has 0 amide bonds. The number of hydrogen-bond donors (Lipinski definition) is 1. The Balaban J connectivity index is 2.14. The van der Waals surface area contributed by atoms with Gasteiger partial charge in [-0.2, -0.15) is 5.10 Å². The second kappa shape index (κ2) is 4.56. The van der Waals surface area contributed by atoms with E-state index in [1.165, 1.54) is 28.8 Å². The average molecular weight is 272 g/mol. The van der Waals surface area contributed by atoms with Crippen molar-refractivity contribution in [1.29, 1.82) is 0 Å². The molecule has 15 heavy (non-hydrogen) atoms. The van der Waals surface area contributed by atoms with E-state index in [-0.39, 0.29) is 0 Å². The van der Waals surface area contributed by atoms with Crippen LogP contribution >= 0.6 is 15.9 Å². The minimum atomic E-state index is 0.739. The third kappa shape index (κ3) is 2.36. The molecule has 1 aliphatic rings. The Morgan fingerprint density at radius 2 is 2.33 bits per heavy atom. The summed E-state index contributed by atoms with van der Waals surface area (Å²) in [4.78, 5) is 0. The van der Waals surface area contributed by atoms with E-state index in [9.17, 15) is 0 Å². The van der Waals surface area contributed by atoms with Gasteiger partial charge in [0, 0.05) is 13.1 Å². The number of hydrogen-bond acceptors (Lipinski definition) is 2. The molecular formula is C11H18BrN3. The Morgan fingerprint density at radius 1 is 1.53 bits per heavy atom. The lowest BCUT2D eigenvalue weighted by Crippen LogP contribution is -2.17. The minimum absolute atomic E-state index is 0.739. The highest BCUT2D eigenvalue weighted by molar-refractivity contribution is 9.10. The Labute approximate surface area is 99.4 Å². The van der Waals surface area contributed by atoms with Crippen molar-refractivity contribution in [3.63, 3.8) is 0 Å². The first-order valence-electron chi connectivity index (χ1n) is 5.67. The first-order chi connectivity index (χ1) is 7.18. The Hall–Kier alpha value is -0.510. The van der Waals surface area contributed by atoms with Crippen LogP contribution in [0.3, 0.4) is 0 Å². The summed E-state index contributed by atoms with van der Waals surface area (Å²) < 4.78 is 3.26. The van der Waals surface area contributed by atoms with E-state index in [0.29, 0.717) is 0 Å². The van der Waals surface area contributed by atoms with Gasteiger partial charge < -0.3 is 5.32 Å². The number of aromatic nitrogens is 2. The SMILES string of the molecule is CC(C)CCc1nn2c(c1Br)NCCC2. The maximum atomic E-state index is 4.63. The van der Waals surface area contributed by atoms with Crippen LogP contribution in [-0.2, 0) is 13.0 Å². The molecule has 1 N–H and O–H groups in total. The third-order valence-electron chi connectivity index (χ3n) is 2.76. The number of anilines is 1. The van der Waals surface area contributed by atoms with Gasteiger partial charge in [0.25, 0.3) is 0 Å². The molecule has 84 valence electrons. The molecule has 1 aliphatic heterocycles. The predicted molar refractivity (Wildman–Crippen MR) is 66.2 cm³/mol. The van der Waals surface area contributed by atoms with Crippen LogP contribution in [0, 0.1) is 5.92 Å². The van der Waals surface area contributed by atoms with Gasteiger partial charge in [0.2, 0.25) is 0 Å². The Kier molecular flexibility index (Phi) is 3.34. The fourth-order valence-corrected chi connectivity index (χ4v) is 2.46. The summed E-state index contributed by atoms with van der Waals surface area (Å²) in [7, 11) is 0. The van der Waals surface area contributed by atoms with E-state index in [1.807, 2.05) is 0 Å². The lowest BCUT2D eigenvalue weighted by Gasteiger charge is -2.15. The van der Waals surface area contributed by atoms with E-state index >= 15 is 0 Å². The standard InChI is InChI=1S/C11H18BrN3/c1-8(2)4-5-9-10(12)11-13-6-3-7-15(11)14-9/h8,13H,3-7H2,1-2H3. The van der Waals surface area contributed by atoms with Crippen molar-refractivity contribution in [1.82, 2.24) is 9.78 Å². The van der Waals surface area contributed by atoms with Crippen LogP contribution in [0.5, 0.6) is 0 Å². The molecule has 0 aromatic carbocycles. The van der Waals surface area contributed by atoms with Crippen LogP contribution < -0.4 is 5.32 Å². The summed E-state index contributed by atoms with van der Waals surface area (Å²) in [5.74, 6) is 1.91. The van der Waals surface area contributed by atoms with Crippen LogP contribution in [0.1, 0.15) is 32.4 Å². The zero-order valence-electron chi connectivity index (χ0n) is 9.39. The van der Waals surface area contributed by atoms with E-state index in [4.69, 9.17) is 0 Å². The zero-order chi connectivity index (χ0) is 10.8. The summed E-state index contributed by atoms with van der Waals surface area (Å²) in [5, 5.41) is 8.02. The number of fused-ring (bicyclic) bond motifs is 1. The van der Waals surface area contributed by atoms with Crippen molar-refractivity contribution < 1.29 is 0 Å². The molecule has 2 rings (SSSR count). The smallest absolute Gasteiger partial charge is 0.138 e. The van der Waals surface area contributed by atoms with E-state index in [2.05, 4.69) is 44.9 Å². The molecular weight excluding hydrogens is 254 g/mol. The highest BCUT2D eigenvalue weighted by Gasteiger charge is 2.17. The van der Waals surface area contributed by atoms with Crippen molar-refractivity contribution >= 4 is 21.7 Å². The van der Waals surface area contributed by atoms with Crippen LogP contribution in [0.25, 0.3) is 0 Å². The van der Waals surface area contributed by atoms with Gasteiger partial charge in [-0.25, -0.2) is 4.68 Å². The predicted octanol–water partition coefficient (Wildman–Crippen LogP) is 3.05. The topological polar surface area (TPSA) is 29.9 Å². The lowest BCUT2D eigenvalue weighted by atomic mass is 10.1.